The fourth-order valence-corrected chi connectivity index (χ4v) is 2.10. The van der Waals surface area contributed by atoms with Gasteiger partial charge >= 0.3 is 0 Å². The highest BCUT2D eigenvalue weighted by Crippen LogP contribution is 2.24. The number of anilines is 1. The number of rotatable bonds is 2. The second-order valence-electron chi connectivity index (χ2n) is 3.72. The van der Waals surface area contributed by atoms with Crippen molar-refractivity contribution < 1.29 is 13.2 Å². The summed E-state index contributed by atoms with van der Waals surface area (Å²) in [5.41, 5.74) is 6.59. The van der Waals surface area contributed by atoms with Gasteiger partial charge in [-0.3, -0.25) is 4.79 Å². The molecule has 0 atom stereocenters. The van der Waals surface area contributed by atoms with Crippen molar-refractivity contribution in [3.05, 3.63) is 41.6 Å². The molecule has 1 aliphatic heterocycles. The predicted molar refractivity (Wildman–Crippen MR) is 67.7 cm³/mol. The lowest BCUT2D eigenvalue weighted by molar-refractivity contribution is -0.114. The molecular weight excluding hydrogens is 254 g/mol. The Morgan fingerprint density at radius 3 is 2.61 bits per heavy atom. The lowest BCUT2D eigenvalue weighted by atomic mass is 10.1. The first-order valence-electron chi connectivity index (χ1n) is 5.00. The molecule has 0 aliphatic carbocycles. The highest BCUT2D eigenvalue weighted by atomic mass is 32.2. The maximum Gasteiger partial charge on any atom is 0.265 e. The standard InChI is InChI=1S/C11H11N3O3S/c12-11(15)10-3-1-2-7-6-8(18(13,16)17)4-5-9(7)14-10/h1-6,14H,(H2,12,15)(H2,13,16,17). The molecule has 18 heavy (non-hydrogen) atoms. The molecule has 1 aliphatic rings. The zero-order valence-electron chi connectivity index (χ0n) is 9.25. The number of allylic oxidation sites excluding steroid dienone is 2. The number of sulfonamides is 1. The molecule has 0 fully saturated rings. The quantitative estimate of drug-likeness (QED) is 0.705. The first-order valence-corrected chi connectivity index (χ1v) is 6.54. The third-order valence-electron chi connectivity index (χ3n) is 2.43. The molecule has 1 heterocycles. The Bertz CT molecular complexity index is 675. The first kappa shape index (κ1) is 12.3. The first-order chi connectivity index (χ1) is 8.38. The molecule has 0 unspecified atom stereocenters. The molecule has 0 saturated heterocycles. The second-order valence-corrected chi connectivity index (χ2v) is 5.28. The molecule has 5 N–H and O–H groups in total. The van der Waals surface area contributed by atoms with Crippen LogP contribution in [0.1, 0.15) is 5.56 Å². The number of amides is 1. The Hall–Kier alpha value is -2.12. The van der Waals surface area contributed by atoms with Crippen molar-refractivity contribution in [1.29, 1.82) is 0 Å². The molecule has 0 saturated carbocycles. The number of primary amides is 1. The monoisotopic (exact) mass is 265 g/mol. The topological polar surface area (TPSA) is 115 Å². The van der Waals surface area contributed by atoms with Crippen LogP contribution in [0.3, 0.4) is 0 Å². The van der Waals surface area contributed by atoms with Crippen molar-refractivity contribution in [3.63, 3.8) is 0 Å². The number of nitrogens with one attached hydrogen (secondary N) is 1. The van der Waals surface area contributed by atoms with Crippen LogP contribution >= 0.6 is 0 Å². The molecular formula is C11H11N3O3S. The molecule has 0 bridgehead atoms. The van der Waals surface area contributed by atoms with Gasteiger partial charge in [-0.15, -0.1) is 0 Å². The average molecular weight is 265 g/mol. The van der Waals surface area contributed by atoms with Crippen molar-refractivity contribution in [3.8, 4) is 0 Å². The van der Waals surface area contributed by atoms with Gasteiger partial charge in [-0.05, 0) is 29.8 Å². The maximum absolute atomic E-state index is 11.2. The van der Waals surface area contributed by atoms with Gasteiger partial charge in [0.2, 0.25) is 10.0 Å². The number of carbonyl (C=O) groups excluding carboxylic acids is 1. The summed E-state index contributed by atoms with van der Waals surface area (Å²) in [5.74, 6) is -0.594. The molecule has 1 aromatic carbocycles. The number of primary sulfonamides is 1. The minimum absolute atomic E-state index is 0.00947. The van der Waals surface area contributed by atoms with Gasteiger partial charge in [0.25, 0.3) is 5.91 Å². The SMILES string of the molecule is NC(=O)C1=CC=Cc2cc(S(N)(=O)=O)ccc2N1. The smallest absolute Gasteiger partial charge is 0.265 e. The minimum Gasteiger partial charge on any atom is -0.364 e. The number of benzene rings is 1. The number of nitrogens with two attached hydrogens (primary N) is 2. The normalized spacial score (nSPS) is 14.2. The largest absolute Gasteiger partial charge is 0.364 e. The average Bonchev–Trinajstić information content (AvgIpc) is 2.48. The van der Waals surface area contributed by atoms with Crippen molar-refractivity contribution in [1.82, 2.24) is 0 Å². The van der Waals surface area contributed by atoms with Gasteiger partial charge in [-0.25, -0.2) is 13.6 Å². The van der Waals surface area contributed by atoms with Crippen molar-refractivity contribution in [2.24, 2.45) is 10.9 Å². The molecule has 0 spiro atoms. The van der Waals surface area contributed by atoms with Gasteiger partial charge in [-0.2, -0.15) is 0 Å². The van der Waals surface area contributed by atoms with Gasteiger partial charge in [0, 0.05) is 5.69 Å². The summed E-state index contributed by atoms with van der Waals surface area (Å²) < 4.78 is 22.4. The Kier molecular flexibility index (Phi) is 2.93. The number of carbonyl (C=O) groups is 1. The maximum atomic E-state index is 11.2. The molecule has 94 valence electrons. The summed E-state index contributed by atoms with van der Waals surface area (Å²) in [6, 6.07) is 4.31. The second kappa shape index (κ2) is 4.28. The van der Waals surface area contributed by atoms with Gasteiger partial charge in [0.1, 0.15) is 5.70 Å². The van der Waals surface area contributed by atoms with Crippen LogP contribution in [-0.2, 0) is 14.8 Å². The van der Waals surface area contributed by atoms with E-state index in [1.165, 1.54) is 24.3 Å². The van der Waals surface area contributed by atoms with Crippen LogP contribution < -0.4 is 16.2 Å². The van der Waals surface area contributed by atoms with E-state index in [1.807, 2.05) is 0 Å². The fraction of sp³-hybridized carbons (Fsp3) is 0. The summed E-state index contributed by atoms with van der Waals surface area (Å²) in [6.07, 6.45) is 4.78. The number of fused-ring (bicyclic) bond motifs is 1. The minimum atomic E-state index is -3.75. The van der Waals surface area contributed by atoms with Gasteiger partial charge in [0.05, 0.1) is 4.90 Å². The highest BCUT2D eigenvalue weighted by molar-refractivity contribution is 7.89. The summed E-state index contributed by atoms with van der Waals surface area (Å²) in [7, 11) is -3.75. The van der Waals surface area contributed by atoms with Crippen molar-refractivity contribution in [2.45, 2.75) is 4.90 Å². The van der Waals surface area contributed by atoms with E-state index < -0.39 is 15.9 Å². The van der Waals surface area contributed by atoms with E-state index in [1.54, 1.807) is 12.2 Å². The summed E-state index contributed by atoms with van der Waals surface area (Å²) in [6.45, 7) is 0. The molecule has 1 amide bonds. The fourth-order valence-electron chi connectivity index (χ4n) is 1.55. The van der Waals surface area contributed by atoms with Crippen LogP contribution in [0.5, 0.6) is 0 Å². The van der Waals surface area contributed by atoms with Crippen molar-refractivity contribution in [2.75, 3.05) is 5.32 Å². The van der Waals surface area contributed by atoms with Crippen LogP contribution in [0.25, 0.3) is 6.08 Å². The molecule has 0 aromatic heterocycles. The lowest BCUT2D eigenvalue weighted by Gasteiger charge is -2.10. The third-order valence-corrected chi connectivity index (χ3v) is 3.34. The van der Waals surface area contributed by atoms with E-state index in [9.17, 15) is 13.2 Å². The van der Waals surface area contributed by atoms with E-state index in [0.29, 0.717) is 11.3 Å². The Morgan fingerprint density at radius 2 is 2.00 bits per heavy atom. The van der Waals surface area contributed by atoms with E-state index in [4.69, 9.17) is 10.9 Å². The van der Waals surface area contributed by atoms with E-state index in [0.717, 1.165) is 0 Å². The third kappa shape index (κ3) is 2.41. The summed E-state index contributed by atoms with van der Waals surface area (Å²) in [4.78, 5) is 11.1. The molecule has 2 rings (SSSR count). The molecule has 7 heteroatoms. The van der Waals surface area contributed by atoms with Crippen LogP contribution in [0.4, 0.5) is 5.69 Å². The summed E-state index contributed by atoms with van der Waals surface area (Å²) >= 11 is 0. The zero-order chi connectivity index (χ0) is 13.3. The number of hydrogen-bond donors (Lipinski definition) is 3. The predicted octanol–water partition coefficient (Wildman–Crippen LogP) is 0.142. The zero-order valence-corrected chi connectivity index (χ0v) is 10.1. The Morgan fingerprint density at radius 1 is 1.28 bits per heavy atom. The van der Waals surface area contributed by atoms with E-state index in [2.05, 4.69) is 5.32 Å². The summed E-state index contributed by atoms with van der Waals surface area (Å²) in [5, 5.41) is 7.87. The number of hydrogen-bond acceptors (Lipinski definition) is 4. The molecule has 6 nitrogen and oxygen atoms in total. The highest BCUT2D eigenvalue weighted by Gasteiger charge is 2.13. The van der Waals surface area contributed by atoms with Gasteiger partial charge in [-0.1, -0.05) is 12.2 Å². The van der Waals surface area contributed by atoms with E-state index in [-0.39, 0.29) is 10.6 Å². The van der Waals surface area contributed by atoms with Crippen molar-refractivity contribution >= 4 is 27.7 Å². The van der Waals surface area contributed by atoms with Crippen LogP contribution in [0.15, 0.2) is 40.9 Å². The van der Waals surface area contributed by atoms with Crippen LogP contribution in [-0.4, -0.2) is 14.3 Å². The lowest BCUT2D eigenvalue weighted by Crippen LogP contribution is -2.19. The van der Waals surface area contributed by atoms with Crippen LogP contribution in [0, 0.1) is 0 Å². The molecule has 0 radical (unpaired) electrons. The van der Waals surface area contributed by atoms with E-state index >= 15 is 0 Å². The van der Waals surface area contributed by atoms with Gasteiger partial charge < -0.3 is 11.1 Å². The Labute approximate surface area is 104 Å². The Balaban J connectivity index is 2.48. The van der Waals surface area contributed by atoms with Gasteiger partial charge in [0.15, 0.2) is 0 Å². The van der Waals surface area contributed by atoms with Crippen LogP contribution in [0.2, 0.25) is 0 Å². The molecule has 1 aromatic rings.